The summed E-state index contributed by atoms with van der Waals surface area (Å²) < 4.78 is 0.766. The Morgan fingerprint density at radius 1 is 1.16 bits per heavy atom. The van der Waals surface area contributed by atoms with Crippen LogP contribution in [0.3, 0.4) is 0 Å². The van der Waals surface area contributed by atoms with Gasteiger partial charge in [-0.15, -0.1) is 0 Å². The summed E-state index contributed by atoms with van der Waals surface area (Å²) in [5, 5.41) is 0. The van der Waals surface area contributed by atoms with Crippen LogP contribution in [0.4, 0.5) is 5.82 Å². The lowest BCUT2D eigenvalue weighted by Crippen LogP contribution is -2.44. The fraction of sp³-hybridized carbons (Fsp3) is 0.474. The predicted molar refractivity (Wildman–Crippen MR) is 112 cm³/mol. The van der Waals surface area contributed by atoms with Gasteiger partial charge in [0.2, 0.25) is 0 Å². The number of piperazine rings is 1. The number of anilines is 1. The Hall–Kier alpha value is -1.41. The minimum atomic E-state index is 0.766. The van der Waals surface area contributed by atoms with Crippen LogP contribution in [0.5, 0.6) is 0 Å². The van der Waals surface area contributed by atoms with Crippen molar-refractivity contribution in [3.63, 3.8) is 0 Å². The molecule has 0 radical (unpaired) electrons. The molecule has 1 aliphatic carbocycles. The first-order chi connectivity index (χ1) is 12.1. The summed E-state index contributed by atoms with van der Waals surface area (Å²) in [6.07, 6.45) is 8.46. The highest BCUT2D eigenvalue weighted by atomic mass is 127. The number of nitrogens with two attached hydrogens (primary N) is 1. The van der Waals surface area contributed by atoms with Crippen molar-refractivity contribution < 1.29 is 0 Å². The number of halogens is 1. The Bertz CT molecular complexity index is 702. The third kappa shape index (κ3) is 4.61. The van der Waals surface area contributed by atoms with E-state index in [2.05, 4.69) is 68.1 Å². The van der Waals surface area contributed by atoms with Crippen LogP contribution in [0.2, 0.25) is 0 Å². The molecule has 0 bridgehead atoms. The van der Waals surface area contributed by atoms with Crippen LogP contribution in [0.1, 0.15) is 31.4 Å². The van der Waals surface area contributed by atoms with E-state index >= 15 is 0 Å². The van der Waals surface area contributed by atoms with Crippen molar-refractivity contribution in [3.05, 3.63) is 45.6 Å². The van der Waals surface area contributed by atoms with Crippen LogP contribution in [-0.4, -0.2) is 48.1 Å². The van der Waals surface area contributed by atoms with Crippen LogP contribution in [0.15, 0.2) is 36.1 Å². The number of rotatable bonds is 3. The van der Waals surface area contributed by atoms with Gasteiger partial charge in [-0.3, -0.25) is 0 Å². The van der Waals surface area contributed by atoms with Crippen molar-refractivity contribution in [2.75, 3.05) is 38.1 Å². The van der Waals surface area contributed by atoms with Crippen molar-refractivity contribution in [2.45, 2.75) is 25.7 Å². The molecule has 1 aromatic rings. The lowest BCUT2D eigenvalue weighted by atomic mass is 9.88. The third-order valence-corrected chi connectivity index (χ3v) is 5.43. The minimum Gasteiger partial charge on any atom is -0.404 e. The maximum atomic E-state index is 5.80. The first kappa shape index (κ1) is 18.4. The van der Waals surface area contributed by atoms with Gasteiger partial charge in [-0.2, -0.15) is 0 Å². The largest absolute Gasteiger partial charge is 0.404 e. The van der Waals surface area contributed by atoms with Crippen LogP contribution >= 0.6 is 22.6 Å². The molecule has 0 spiro atoms. The smallest absolute Gasteiger partial charge is 0.193 e. The number of hydrogen-bond acceptors (Lipinski definition) is 5. The Labute approximate surface area is 163 Å². The maximum absolute atomic E-state index is 5.80. The molecule has 2 fully saturated rings. The molecule has 5 nitrogen and oxygen atoms in total. The molecule has 134 valence electrons. The zero-order chi connectivity index (χ0) is 17.8. The molecule has 2 heterocycles. The number of likely N-dealkylation sites (N-methyl/N-ethyl adjacent to an activating group) is 1. The van der Waals surface area contributed by atoms with Gasteiger partial charge in [-0.1, -0.05) is 6.58 Å². The first-order valence-electron chi connectivity index (χ1n) is 8.86. The summed E-state index contributed by atoms with van der Waals surface area (Å²) >= 11 is 2.19. The van der Waals surface area contributed by atoms with Gasteiger partial charge in [0.15, 0.2) is 3.83 Å². The number of hydrogen-bond donors (Lipinski definition) is 1. The molecule has 0 atom stereocenters. The number of aromatic nitrogens is 2. The molecule has 0 aromatic carbocycles. The Morgan fingerprint density at radius 2 is 1.84 bits per heavy atom. The molecule has 6 heteroatoms. The highest BCUT2D eigenvalue weighted by molar-refractivity contribution is 14.1. The summed E-state index contributed by atoms with van der Waals surface area (Å²) in [6, 6.07) is 2.07. The van der Waals surface area contributed by atoms with Crippen LogP contribution in [0.25, 0.3) is 5.57 Å². The van der Waals surface area contributed by atoms with Crippen molar-refractivity contribution in [1.82, 2.24) is 14.9 Å². The molecule has 2 N–H and O–H groups in total. The van der Waals surface area contributed by atoms with Crippen molar-refractivity contribution >= 4 is 34.0 Å². The quantitative estimate of drug-likeness (QED) is 0.565. The minimum absolute atomic E-state index is 0.766. The molecule has 0 unspecified atom stereocenters. The van der Waals surface area contributed by atoms with E-state index in [1.165, 1.54) is 24.0 Å². The van der Waals surface area contributed by atoms with Crippen molar-refractivity contribution in [3.8, 4) is 0 Å². The van der Waals surface area contributed by atoms with Gasteiger partial charge in [0.05, 0.1) is 5.69 Å². The number of nitrogens with zero attached hydrogens (tertiary/aromatic N) is 4. The van der Waals surface area contributed by atoms with Crippen LogP contribution in [-0.2, 0) is 0 Å². The summed E-state index contributed by atoms with van der Waals surface area (Å²) in [6.45, 7) is 8.38. The van der Waals surface area contributed by atoms with E-state index in [0.717, 1.165) is 59.9 Å². The Kier molecular flexibility index (Phi) is 6.11. The molecule has 0 amide bonds. The molecular formula is C19H26IN5. The fourth-order valence-electron chi connectivity index (χ4n) is 3.36. The van der Waals surface area contributed by atoms with E-state index < -0.39 is 0 Å². The molecule has 3 rings (SSSR count). The maximum Gasteiger partial charge on any atom is 0.193 e. The molecule has 25 heavy (non-hydrogen) atoms. The van der Waals surface area contributed by atoms with Crippen LogP contribution in [0, 0.1) is 3.83 Å². The van der Waals surface area contributed by atoms with Gasteiger partial charge < -0.3 is 15.5 Å². The highest BCUT2D eigenvalue weighted by Gasteiger charge is 2.18. The molecule has 1 aliphatic heterocycles. The summed E-state index contributed by atoms with van der Waals surface area (Å²) in [5.41, 5.74) is 10.2. The highest BCUT2D eigenvalue weighted by Crippen LogP contribution is 2.30. The second-order valence-electron chi connectivity index (χ2n) is 6.76. The summed E-state index contributed by atoms with van der Waals surface area (Å²) in [7, 11) is 2.16. The van der Waals surface area contributed by atoms with Gasteiger partial charge in [0, 0.05) is 54.8 Å². The van der Waals surface area contributed by atoms with E-state index in [-0.39, 0.29) is 0 Å². The average Bonchev–Trinajstić information content (AvgIpc) is 2.62. The zero-order valence-corrected chi connectivity index (χ0v) is 17.0. The van der Waals surface area contributed by atoms with E-state index in [4.69, 9.17) is 5.73 Å². The topological polar surface area (TPSA) is 58.3 Å². The molecule has 1 saturated heterocycles. The third-order valence-electron chi connectivity index (χ3n) is 4.95. The van der Waals surface area contributed by atoms with E-state index in [1.807, 2.05) is 0 Å². The molecule has 1 saturated carbocycles. The number of allylic oxidation sites excluding steroid dienone is 4. The summed E-state index contributed by atoms with van der Waals surface area (Å²) in [4.78, 5) is 13.9. The van der Waals surface area contributed by atoms with Crippen molar-refractivity contribution in [2.24, 2.45) is 5.73 Å². The van der Waals surface area contributed by atoms with E-state index in [9.17, 15) is 0 Å². The fourth-order valence-corrected chi connectivity index (χ4v) is 3.87. The van der Waals surface area contributed by atoms with Gasteiger partial charge in [0.25, 0.3) is 0 Å². The second kappa shape index (κ2) is 8.31. The monoisotopic (exact) mass is 451 g/mol. The molecule has 1 aromatic heterocycles. The van der Waals surface area contributed by atoms with Crippen molar-refractivity contribution in [1.29, 1.82) is 0 Å². The normalized spacial score (nSPS) is 22.6. The van der Waals surface area contributed by atoms with Gasteiger partial charge in [-0.05, 0) is 61.7 Å². The van der Waals surface area contributed by atoms with Crippen LogP contribution < -0.4 is 10.6 Å². The Morgan fingerprint density at radius 3 is 2.52 bits per heavy atom. The first-order valence-corrected chi connectivity index (χ1v) is 9.94. The lowest BCUT2D eigenvalue weighted by molar-refractivity contribution is 0.312. The van der Waals surface area contributed by atoms with Gasteiger partial charge >= 0.3 is 0 Å². The predicted octanol–water partition coefficient (Wildman–Crippen LogP) is 3.19. The summed E-state index contributed by atoms with van der Waals surface area (Å²) in [5.74, 6) is 1.00. The van der Waals surface area contributed by atoms with Gasteiger partial charge in [-0.25, -0.2) is 9.97 Å². The Balaban J connectivity index is 1.83. The average molecular weight is 451 g/mol. The SMILES string of the molecule is C=C(/C=C1/CCCC/C1=C/N)c1cc(N2CCN(C)CC2)nc(I)n1. The van der Waals surface area contributed by atoms with E-state index in [0.29, 0.717) is 0 Å². The molecule has 2 aliphatic rings. The van der Waals surface area contributed by atoms with Gasteiger partial charge in [0.1, 0.15) is 5.82 Å². The second-order valence-corrected chi connectivity index (χ2v) is 7.73. The lowest BCUT2D eigenvalue weighted by Gasteiger charge is -2.33. The molecular weight excluding hydrogens is 425 g/mol. The standard InChI is InChI=1S/C19H26IN5/c1-14(11-15-5-3-4-6-16(15)13-21)17-12-18(23-19(20)22-17)25-9-7-24(2)8-10-25/h11-13H,1,3-10,21H2,2H3/b15-11-,16-13-. The van der Waals surface area contributed by atoms with E-state index in [1.54, 1.807) is 6.20 Å². The zero-order valence-electron chi connectivity index (χ0n) is 14.8.